The van der Waals surface area contributed by atoms with Crippen molar-refractivity contribution in [3.05, 3.63) is 170 Å². The summed E-state index contributed by atoms with van der Waals surface area (Å²) in [5, 5.41) is 8.91. The van der Waals surface area contributed by atoms with E-state index < -0.39 is 0 Å². The van der Waals surface area contributed by atoms with Crippen LogP contribution in [0.25, 0.3) is 105 Å². The first-order valence-corrected chi connectivity index (χ1v) is 17.5. The predicted octanol–water partition coefficient (Wildman–Crippen LogP) is 12.2. The molecule has 8 aromatic carbocycles. The van der Waals surface area contributed by atoms with E-state index in [1.165, 1.54) is 0 Å². The Bertz CT molecular complexity index is 3110. The Balaban J connectivity index is 1.35. The molecule has 0 atom stereocenters. The molecule has 52 heavy (non-hydrogen) atoms. The topological polar surface area (TPSA) is 56.7 Å². The van der Waals surface area contributed by atoms with E-state index in [2.05, 4.69) is 108 Å². The summed E-state index contributed by atoms with van der Waals surface area (Å²) in [7, 11) is 0. The van der Waals surface area contributed by atoms with Crippen LogP contribution >= 0.6 is 0 Å². The monoisotopic (exact) mass is 664 g/mol. The molecule has 0 aliphatic rings. The van der Waals surface area contributed by atoms with Crippen molar-refractivity contribution in [2.24, 2.45) is 0 Å². The number of aromatic nitrogens is 4. The lowest BCUT2D eigenvalue weighted by Crippen LogP contribution is -2.06. The highest BCUT2D eigenvalue weighted by atomic mass is 16.3. The van der Waals surface area contributed by atoms with Gasteiger partial charge in [-0.1, -0.05) is 158 Å². The SMILES string of the molecule is c1ccc(-c2ccc3c(c2)oc2c3c3ccccc3c3c4ccc5ccccc5c4n(-c4nc(-c5ccccc5)nc(-c5ccccc5)n4)c23)cc1. The van der Waals surface area contributed by atoms with E-state index in [9.17, 15) is 0 Å². The zero-order valence-corrected chi connectivity index (χ0v) is 27.9. The van der Waals surface area contributed by atoms with Crippen LogP contribution in [0.1, 0.15) is 0 Å². The molecular weight excluding hydrogens is 637 g/mol. The number of benzene rings is 8. The smallest absolute Gasteiger partial charge is 0.238 e. The molecule has 3 aromatic heterocycles. The molecule has 0 spiro atoms. The Labute approximate surface area is 298 Å². The van der Waals surface area contributed by atoms with Crippen LogP contribution in [0.4, 0.5) is 0 Å². The number of rotatable bonds is 4. The number of hydrogen-bond acceptors (Lipinski definition) is 4. The molecular formula is C47H28N4O. The fraction of sp³-hybridized carbons (Fsp3) is 0. The van der Waals surface area contributed by atoms with Crippen molar-refractivity contribution in [2.75, 3.05) is 0 Å². The number of nitrogens with zero attached hydrogens (tertiary/aromatic N) is 4. The van der Waals surface area contributed by atoms with Crippen LogP contribution in [0.5, 0.6) is 0 Å². The molecule has 0 saturated carbocycles. The highest BCUT2D eigenvalue weighted by molar-refractivity contribution is 6.36. The van der Waals surface area contributed by atoms with Gasteiger partial charge in [-0.15, -0.1) is 0 Å². The number of hydrogen-bond donors (Lipinski definition) is 0. The van der Waals surface area contributed by atoms with Gasteiger partial charge in [-0.05, 0) is 39.4 Å². The van der Waals surface area contributed by atoms with Gasteiger partial charge in [0, 0.05) is 38.1 Å². The van der Waals surface area contributed by atoms with E-state index >= 15 is 0 Å². The summed E-state index contributed by atoms with van der Waals surface area (Å²) in [5.41, 5.74) is 7.69. The molecule has 0 saturated heterocycles. The van der Waals surface area contributed by atoms with Gasteiger partial charge in [0.2, 0.25) is 5.95 Å². The molecule has 5 nitrogen and oxygen atoms in total. The quantitative estimate of drug-likeness (QED) is 0.188. The van der Waals surface area contributed by atoms with Crippen molar-refractivity contribution in [3.63, 3.8) is 0 Å². The minimum absolute atomic E-state index is 0.533. The zero-order chi connectivity index (χ0) is 34.2. The fourth-order valence-corrected chi connectivity index (χ4v) is 7.89. The van der Waals surface area contributed by atoms with Gasteiger partial charge in [0.15, 0.2) is 17.2 Å². The Morgan fingerprint density at radius 1 is 0.385 bits per heavy atom. The van der Waals surface area contributed by atoms with Crippen LogP contribution < -0.4 is 0 Å². The van der Waals surface area contributed by atoms with Crippen LogP contribution in [0.2, 0.25) is 0 Å². The maximum atomic E-state index is 7.08. The van der Waals surface area contributed by atoms with Crippen LogP contribution in [0.3, 0.4) is 0 Å². The lowest BCUT2D eigenvalue weighted by molar-refractivity contribution is 0.671. The lowest BCUT2D eigenvalue weighted by Gasteiger charge is -2.12. The van der Waals surface area contributed by atoms with Gasteiger partial charge < -0.3 is 4.42 Å². The molecule has 0 fully saturated rings. The number of fused-ring (bicyclic) bond motifs is 12. The second-order valence-corrected chi connectivity index (χ2v) is 13.2. The van der Waals surface area contributed by atoms with E-state index in [0.29, 0.717) is 17.6 Å². The van der Waals surface area contributed by atoms with Gasteiger partial charge in [0.25, 0.3) is 0 Å². The lowest BCUT2D eigenvalue weighted by atomic mass is 9.97. The van der Waals surface area contributed by atoms with Gasteiger partial charge in [-0.3, -0.25) is 4.57 Å². The standard InChI is InChI=1S/C47H28N4O/c1-4-14-29(15-5-1)33-25-26-37-39(28-33)52-44-41(37)36-23-13-12-22-35(36)40-38-27-24-30-16-10-11-21-34(30)42(38)51(43(40)44)47-49-45(31-17-6-2-7-18-31)48-46(50-47)32-19-8-3-9-20-32/h1-28H. The maximum Gasteiger partial charge on any atom is 0.238 e. The Morgan fingerprint density at radius 2 is 0.942 bits per heavy atom. The highest BCUT2D eigenvalue weighted by Crippen LogP contribution is 2.47. The van der Waals surface area contributed by atoms with Gasteiger partial charge in [-0.2, -0.15) is 9.97 Å². The molecule has 5 heteroatoms. The Hall–Kier alpha value is -7.11. The second kappa shape index (κ2) is 11.2. The summed E-state index contributed by atoms with van der Waals surface area (Å²) in [5.74, 6) is 1.74. The zero-order valence-electron chi connectivity index (χ0n) is 27.9. The third kappa shape index (κ3) is 4.26. The van der Waals surface area contributed by atoms with Crippen molar-refractivity contribution in [3.8, 4) is 39.9 Å². The first-order chi connectivity index (χ1) is 25.8. The van der Waals surface area contributed by atoms with E-state index in [-0.39, 0.29) is 0 Å². The summed E-state index contributed by atoms with van der Waals surface area (Å²) in [6, 6.07) is 58.9. The third-order valence-electron chi connectivity index (χ3n) is 10.2. The average Bonchev–Trinajstić information content (AvgIpc) is 3.79. The highest BCUT2D eigenvalue weighted by Gasteiger charge is 2.26. The van der Waals surface area contributed by atoms with E-state index in [4.69, 9.17) is 19.4 Å². The van der Waals surface area contributed by atoms with Crippen molar-refractivity contribution >= 4 is 65.3 Å². The molecule has 11 rings (SSSR count). The molecule has 0 aliphatic heterocycles. The first kappa shape index (κ1) is 28.7. The molecule has 3 heterocycles. The van der Waals surface area contributed by atoms with E-state index in [1.54, 1.807) is 0 Å². The van der Waals surface area contributed by atoms with Crippen LogP contribution in [0, 0.1) is 0 Å². The summed E-state index contributed by atoms with van der Waals surface area (Å²) in [4.78, 5) is 15.6. The van der Waals surface area contributed by atoms with Crippen LogP contribution in [-0.2, 0) is 0 Å². The van der Waals surface area contributed by atoms with Crippen LogP contribution in [-0.4, -0.2) is 19.5 Å². The maximum absolute atomic E-state index is 7.08. The molecule has 11 aromatic rings. The minimum Gasteiger partial charge on any atom is -0.454 e. The number of furan rings is 1. The van der Waals surface area contributed by atoms with E-state index in [1.807, 2.05) is 66.7 Å². The second-order valence-electron chi connectivity index (χ2n) is 13.2. The van der Waals surface area contributed by atoms with Gasteiger partial charge in [0.1, 0.15) is 11.1 Å². The van der Waals surface area contributed by atoms with Crippen molar-refractivity contribution < 1.29 is 4.42 Å². The Morgan fingerprint density at radius 3 is 1.62 bits per heavy atom. The van der Waals surface area contributed by atoms with Crippen molar-refractivity contribution in [1.82, 2.24) is 19.5 Å². The van der Waals surface area contributed by atoms with Gasteiger partial charge in [-0.25, -0.2) is 4.98 Å². The Kier molecular flexibility index (Phi) is 6.18. The van der Waals surface area contributed by atoms with Crippen molar-refractivity contribution in [1.29, 1.82) is 0 Å². The molecule has 0 unspecified atom stereocenters. The molecule has 0 bridgehead atoms. The summed E-state index contributed by atoms with van der Waals surface area (Å²) in [6.45, 7) is 0. The summed E-state index contributed by atoms with van der Waals surface area (Å²) < 4.78 is 9.30. The average molecular weight is 665 g/mol. The minimum atomic E-state index is 0.533. The molecule has 0 amide bonds. The van der Waals surface area contributed by atoms with Crippen LogP contribution in [0.15, 0.2) is 174 Å². The van der Waals surface area contributed by atoms with E-state index in [0.717, 1.165) is 87.5 Å². The molecule has 0 N–H and O–H groups in total. The summed E-state index contributed by atoms with van der Waals surface area (Å²) >= 11 is 0. The predicted molar refractivity (Wildman–Crippen MR) is 213 cm³/mol. The van der Waals surface area contributed by atoms with Gasteiger partial charge >= 0.3 is 0 Å². The van der Waals surface area contributed by atoms with Crippen molar-refractivity contribution in [2.45, 2.75) is 0 Å². The fourth-order valence-electron chi connectivity index (χ4n) is 7.89. The molecule has 0 radical (unpaired) electrons. The molecule has 0 aliphatic carbocycles. The normalized spacial score (nSPS) is 11.8. The largest absolute Gasteiger partial charge is 0.454 e. The molecule has 242 valence electrons. The van der Waals surface area contributed by atoms with Gasteiger partial charge in [0.05, 0.1) is 5.52 Å². The first-order valence-electron chi connectivity index (χ1n) is 17.5. The third-order valence-corrected chi connectivity index (χ3v) is 10.2. The summed E-state index contributed by atoms with van der Waals surface area (Å²) in [6.07, 6.45) is 0.